The molecule has 1 aromatic rings. The van der Waals surface area contributed by atoms with Gasteiger partial charge in [-0.15, -0.1) is 0 Å². The van der Waals surface area contributed by atoms with Crippen molar-refractivity contribution in [2.24, 2.45) is 11.5 Å². The molecule has 12 nitrogen and oxygen atoms in total. The summed E-state index contributed by atoms with van der Waals surface area (Å²) in [6, 6.07) is 0.377. The Morgan fingerprint density at radius 3 is 2.44 bits per heavy atom. The molecule has 0 aromatic carbocycles. The second-order valence-corrected chi connectivity index (χ2v) is 5.98. The van der Waals surface area contributed by atoms with Crippen LogP contribution in [0.25, 0.3) is 0 Å². The fourth-order valence-electron chi connectivity index (χ4n) is 2.37. The number of rotatable bonds is 7. The predicted octanol–water partition coefficient (Wildman–Crippen LogP) is -3.32. The third-order valence-electron chi connectivity index (χ3n) is 3.93. The summed E-state index contributed by atoms with van der Waals surface area (Å²) < 4.78 is 6.08. The lowest BCUT2D eigenvalue weighted by atomic mass is 10.1. The van der Waals surface area contributed by atoms with Gasteiger partial charge in [0.05, 0.1) is 6.61 Å². The number of carboxylic acid groups (broad SMARTS) is 1. The number of nitrogens with one attached hydrogen (secondary N) is 1. The third-order valence-corrected chi connectivity index (χ3v) is 3.93. The molecule has 154 valence electrons. The molecule has 1 aromatic heterocycles. The number of aromatic amines is 1. The van der Waals surface area contributed by atoms with Gasteiger partial charge in [-0.2, -0.15) is 0 Å². The van der Waals surface area contributed by atoms with E-state index in [9.17, 15) is 24.6 Å². The molecular weight excluding hydrogens is 364 g/mol. The van der Waals surface area contributed by atoms with E-state index in [1.54, 1.807) is 0 Å². The van der Waals surface area contributed by atoms with E-state index >= 15 is 0 Å². The van der Waals surface area contributed by atoms with Gasteiger partial charge in [-0.3, -0.25) is 19.1 Å². The quantitative estimate of drug-likeness (QED) is 0.230. The van der Waals surface area contributed by atoms with Crippen LogP contribution in [-0.2, 0) is 9.53 Å². The molecule has 27 heavy (non-hydrogen) atoms. The monoisotopic (exact) mass is 390 g/mol. The summed E-state index contributed by atoms with van der Waals surface area (Å²) in [6.07, 6.45) is -1.42. The van der Waals surface area contributed by atoms with Crippen LogP contribution >= 0.6 is 0 Å². The Bertz CT molecular complexity index is 706. The van der Waals surface area contributed by atoms with Crippen molar-refractivity contribution in [3.63, 3.8) is 0 Å². The van der Waals surface area contributed by atoms with Crippen LogP contribution < -0.4 is 22.7 Å². The van der Waals surface area contributed by atoms with Gasteiger partial charge in [-0.25, -0.2) is 4.79 Å². The Morgan fingerprint density at radius 2 is 1.96 bits per heavy atom. The maximum atomic E-state index is 11.4. The maximum Gasteiger partial charge on any atom is 0.330 e. The molecule has 12 heteroatoms. The van der Waals surface area contributed by atoms with Crippen LogP contribution in [0.3, 0.4) is 0 Å². The number of H-pyrrole nitrogens is 1. The van der Waals surface area contributed by atoms with E-state index in [1.165, 1.54) is 0 Å². The van der Waals surface area contributed by atoms with E-state index in [-0.39, 0.29) is 0 Å². The van der Waals surface area contributed by atoms with Crippen LogP contribution in [0.2, 0.25) is 0 Å². The fourth-order valence-corrected chi connectivity index (χ4v) is 2.37. The third kappa shape index (κ3) is 6.53. The average Bonchev–Trinajstić information content (AvgIpc) is 2.90. The molecule has 0 spiro atoms. The minimum atomic E-state index is -1.35. The van der Waals surface area contributed by atoms with Gasteiger partial charge in [-0.05, 0) is 19.4 Å². The summed E-state index contributed by atoms with van der Waals surface area (Å²) in [5, 5.41) is 36.4. The number of aliphatic carboxylic acids is 1. The van der Waals surface area contributed by atoms with Crippen LogP contribution in [0.1, 0.15) is 25.5 Å². The second-order valence-electron chi connectivity index (χ2n) is 5.98. The molecule has 1 saturated heterocycles. The molecule has 1 aliphatic heterocycles. The Morgan fingerprint density at radius 1 is 1.30 bits per heavy atom. The molecule has 0 unspecified atom stereocenters. The fraction of sp³-hybridized carbons (Fsp3) is 0.667. The van der Waals surface area contributed by atoms with E-state index in [4.69, 9.17) is 26.4 Å². The number of nitrogens with zero attached hydrogens (tertiary/aromatic N) is 1. The predicted molar refractivity (Wildman–Crippen MR) is 92.8 cm³/mol. The zero-order valence-corrected chi connectivity index (χ0v) is 14.6. The lowest BCUT2D eigenvalue weighted by Gasteiger charge is -2.16. The van der Waals surface area contributed by atoms with Crippen molar-refractivity contribution < 1.29 is 30.0 Å². The van der Waals surface area contributed by atoms with E-state index in [0.717, 1.165) is 29.7 Å². The number of aromatic nitrogens is 2. The Hall–Kier alpha value is -2.09. The van der Waals surface area contributed by atoms with E-state index in [0.29, 0.717) is 13.0 Å². The van der Waals surface area contributed by atoms with Gasteiger partial charge in [-0.1, -0.05) is 6.42 Å². The van der Waals surface area contributed by atoms with Crippen molar-refractivity contribution in [1.82, 2.24) is 9.55 Å². The minimum absolute atomic E-state index is 0.479. The number of hydrogen-bond acceptors (Lipinski definition) is 9. The molecule has 1 aliphatic rings. The number of aliphatic hydroxyl groups excluding tert-OH is 3. The highest BCUT2D eigenvalue weighted by atomic mass is 16.6. The van der Waals surface area contributed by atoms with Gasteiger partial charge in [0, 0.05) is 12.3 Å². The molecular formula is C15H26N4O8. The number of nitrogens with two attached hydrogens (primary N) is 2. The van der Waals surface area contributed by atoms with E-state index < -0.39 is 54.4 Å². The van der Waals surface area contributed by atoms with Crippen LogP contribution in [0.15, 0.2) is 21.9 Å². The summed E-state index contributed by atoms with van der Waals surface area (Å²) in [5.74, 6) is -0.933. The summed E-state index contributed by atoms with van der Waals surface area (Å²) in [5.41, 5.74) is 9.09. The topological polar surface area (TPSA) is 214 Å². The number of unbranched alkanes of at least 4 members (excludes halogenated alkanes) is 1. The highest BCUT2D eigenvalue weighted by Gasteiger charge is 2.43. The average molecular weight is 390 g/mol. The smallest absolute Gasteiger partial charge is 0.330 e. The molecule has 9 N–H and O–H groups in total. The van der Waals surface area contributed by atoms with Crippen LogP contribution in [0, 0.1) is 0 Å². The standard InChI is InChI=1S/C9H12N2O6.C6H14N2O2/c12-3-4-6(14)7(15)8(17-4)11-2-1-5(13)10-9(11)16;7-4-2-1-3-5(8)6(9)10/h1-2,4,6-8,12,14-15H,3H2,(H,10,13,16);5H,1-4,7-8H2,(H,9,10)/t4-,6-,7-,8-;5-/m10/s1. The summed E-state index contributed by atoms with van der Waals surface area (Å²) in [4.78, 5) is 34.4. The van der Waals surface area contributed by atoms with Gasteiger partial charge in [0.2, 0.25) is 0 Å². The molecule has 0 radical (unpaired) electrons. The molecule has 0 amide bonds. The molecule has 2 rings (SSSR count). The van der Waals surface area contributed by atoms with Crippen LogP contribution in [-0.4, -0.2) is 73.5 Å². The summed E-state index contributed by atoms with van der Waals surface area (Å²) in [7, 11) is 0. The van der Waals surface area contributed by atoms with Crippen LogP contribution in [0.5, 0.6) is 0 Å². The molecule has 5 atom stereocenters. The molecule has 0 aliphatic carbocycles. The highest BCUT2D eigenvalue weighted by Crippen LogP contribution is 2.27. The lowest BCUT2D eigenvalue weighted by Crippen LogP contribution is -2.37. The van der Waals surface area contributed by atoms with Gasteiger partial charge < -0.3 is 36.6 Å². The zero-order chi connectivity index (χ0) is 20.6. The Kier molecular flexibility index (Phi) is 9.28. The molecule has 0 bridgehead atoms. The van der Waals surface area contributed by atoms with E-state index in [1.807, 2.05) is 4.98 Å². The Balaban J connectivity index is 0.000000314. The zero-order valence-electron chi connectivity index (χ0n) is 14.6. The van der Waals surface area contributed by atoms with Crippen molar-refractivity contribution in [2.75, 3.05) is 13.2 Å². The number of aliphatic hydroxyl groups is 3. The minimum Gasteiger partial charge on any atom is -0.480 e. The van der Waals surface area contributed by atoms with Crippen molar-refractivity contribution in [3.05, 3.63) is 33.1 Å². The second kappa shape index (κ2) is 10.9. The molecule has 0 saturated carbocycles. The normalized spacial score (nSPS) is 25.5. The highest BCUT2D eigenvalue weighted by molar-refractivity contribution is 5.72. The molecule has 2 heterocycles. The summed E-state index contributed by atoms with van der Waals surface area (Å²) >= 11 is 0. The van der Waals surface area contributed by atoms with E-state index in [2.05, 4.69) is 0 Å². The number of ether oxygens (including phenoxy) is 1. The summed E-state index contributed by atoms with van der Waals surface area (Å²) in [6.45, 7) is 0.124. The van der Waals surface area contributed by atoms with Gasteiger partial charge in [0.15, 0.2) is 6.23 Å². The van der Waals surface area contributed by atoms with Crippen molar-refractivity contribution in [3.8, 4) is 0 Å². The first kappa shape index (κ1) is 23.0. The molecule has 1 fully saturated rings. The largest absolute Gasteiger partial charge is 0.480 e. The van der Waals surface area contributed by atoms with Crippen LogP contribution in [0.4, 0.5) is 0 Å². The van der Waals surface area contributed by atoms with Crippen molar-refractivity contribution in [2.45, 2.75) is 49.8 Å². The number of hydrogen-bond donors (Lipinski definition) is 7. The first-order valence-electron chi connectivity index (χ1n) is 8.35. The maximum absolute atomic E-state index is 11.4. The number of carboxylic acids is 1. The first-order chi connectivity index (χ1) is 12.7. The SMILES string of the molecule is NCCCC[C@H](N)C(=O)O.O=c1ccn([C@@H]2O[C@H](CO)[C@@H](O)[C@H]2O)c(=O)[nH]1. The van der Waals surface area contributed by atoms with Crippen molar-refractivity contribution in [1.29, 1.82) is 0 Å². The van der Waals surface area contributed by atoms with Crippen molar-refractivity contribution >= 4 is 5.97 Å². The first-order valence-corrected chi connectivity index (χ1v) is 8.35. The Labute approximate surface area is 154 Å². The van der Waals surface area contributed by atoms with Gasteiger partial charge in [0.1, 0.15) is 24.4 Å². The lowest BCUT2D eigenvalue weighted by molar-refractivity contribution is -0.138. The van der Waals surface area contributed by atoms with Gasteiger partial charge in [0.25, 0.3) is 5.56 Å². The number of carbonyl (C=O) groups is 1. The van der Waals surface area contributed by atoms with Gasteiger partial charge >= 0.3 is 11.7 Å².